The van der Waals surface area contributed by atoms with E-state index < -0.39 is 5.97 Å². The number of carboxylic acid groups (broad SMARTS) is 1. The summed E-state index contributed by atoms with van der Waals surface area (Å²) < 4.78 is 0. The molecule has 32 heavy (non-hydrogen) atoms. The van der Waals surface area contributed by atoms with Gasteiger partial charge in [0.05, 0.1) is 17.1 Å². The van der Waals surface area contributed by atoms with Crippen LogP contribution in [0.1, 0.15) is 5.56 Å². The Bertz CT molecular complexity index is 1070. The first-order valence-electron chi connectivity index (χ1n) is 9.11. The number of halogens is 2. The Morgan fingerprint density at radius 2 is 1.84 bits per heavy atom. The lowest BCUT2D eigenvalue weighted by molar-refractivity contribution is -0.142. The highest BCUT2D eigenvalue weighted by atomic mass is 35.5. The van der Waals surface area contributed by atoms with Crippen molar-refractivity contribution < 1.29 is 14.7 Å². The molecule has 1 amide bonds. The van der Waals surface area contributed by atoms with Crippen molar-refractivity contribution in [3.63, 3.8) is 0 Å². The predicted octanol–water partition coefficient (Wildman–Crippen LogP) is 3.47. The van der Waals surface area contributed by atoms with E-state index in [-0.39, 0.29) is 43.8 Å². The van der Waals surface area contributed by atoms with Gasteiger partial charge in [0.25, 0.3) is 0 Å². The van der Waals surface area contributed by atoms with Gasteiger partial charge in [-0.05, 0) is 36.8 Å². The maximum Gasteiger partial charge on any atom is 0.323 e. The Balaban J connectivity index is 0.00000256. The minimum Gasteiger partial charge on any atom is -0.480 e. The number of rotatable bonds is 8. The highest BCUT2D eigenvalue weighted by Gasteiger charge is 2.17. The zero-order valence-electron chi connectivity index (χ0n) is 17.7. The Morgan fingerprint density at radius 3 is 2.53 bits per heavy atom. The summed E-state index contributed by atoms with van der Waals surface area (Å²) in [6, 6.07) is 9.51. The van der Waals surface area contributed by atoms with Gasteiger partial charge in [-0.2, -0.15) is 0 Å². The molecule has 0 fully saturated rings. The van der Waals surface area contributed by atoms with Gasteiger partial charge in [0.1, 0.15) is 18.2 Å². The number of hydrogen-bond donors (Lipinski definition) is 2. The van der Waals surface area contributed by atoms with Gasteiger partial charge in [0.15, 0.2) is 5.13 Å². The van der Waals surface area contributed by atoms with Gasteiger partial charge in [-0.15, -0.1) is 24.8 Å². The molecule has 2 N–H and O–H groups in total. The molecule has 0 aromatic carbocycles. The second-order valence-electron chi connectivity index (χ2n) is 6.76. The first-order valence-corrected chi connectivity index (χ1v) is 9.93. The van der Waals surface area contributed by atoms with Gasteiger partial charge in [-0.3, -0.25) is 9.59 Å². The van der Waals surface area contributed by atoms with Crippen molar-refractivity contribution in [3.05, 3.63) is 48.3 Å². The van der Waals surface area contributed by atoms with E-state index in [0.717, 1.165) is 16.1 Å². The Kier molecular flexibility index (Phi) is 10.3. The number of pyridine rings is 2. The second kappa shape index (κ2) is 12.2. The zero-order valence-corrected chi connectivity index (χ0v) is 20.1. The zero-order chi connectivity index (χ0) is 21.7. The van der Waals surface area contributed by atoms with Crippen LogP contribution in [0.15, 0.2) is 42.7 Å². The number of anilines is 3. The number of aryl methyl sites for hydroxylation is 1. The lowest BCUT2D eigenvalue weighted by atomic mass is 10.3. The van der Waals surface area contributed by atoms with E-state index in [0.29, 0.717) is 16.8 Å². The highest BCUT2D eigenvalue weighted by molar-refractivity contribution is 7.18. The van der Waals surface area contributed by atoms with Crippen LogP contribution < -0.4 is 10.2 Å². The number of amides is 1. The predicted molar refractivity (Wildman–Crippen MR) is 131 cm³/mol. The van der Waals surface area contributed by atoms with Crippen LogP contribution in [0.4, 0.5) is 16.8 Å². The van der Waals surface area contributed by atoms with Crippen LogP contribution in [-0.4, -0.2) is 64.0 Å². The molecule has 0 saturated carbocycles. The lowest BCUT2D eigenvalue weighted by Crippen LogP contribution is -2.39. The number of aromatic nitrogens is 3. The average molecular weight is 499 g/mol. The smallest absolute Gasteiger partial charge is 0.323 e. The summed E-state index contributed by atoms with van der Waals surface area (Å²) in [5.41, 5.74) is 1.85. The van der Waals surface area contributed by atoms with Crippen LogP contribution in [0.2, 0.25) is 0 Å². The summed E-state index contributed by atoms with van der Waals surface area (Å²) in [6.07, 6.45) is 3.45. The molecular weight excluding hydrogens is 475 g/mol. The van der Waals surface area contributed by atoms with Crippen LogP contribution in [0.3, 0.4) is 0 Å². The molecule has 0 radical (unpaired) electrons. The normalized spacial score (nSPS) is 9.84. The summed E-state index contributed by atoms with van der Waals surface area (Å²) in [6.45, 7) is 1.69. The summed E-state index contributed by atoms with van der Waals surface area (Å²) in [4.78, 5) is 39.9. The summed E-state index contributed by atoms with van der Waals surface area (Å²) >= 11 is 1.40. The first kappa shape index (κ1) is 27.1. The van der Waals surface area contributed by atoms with Crippen LogP contribution in [-0.2, 0) is 9.59 Å². The molecule has 0 unspecified atom stereocenters. The van der Waals surface area contributed by atoms with E-state index in [9.17, 15) is 9.59 Å². The summed E-state index contributed by atoms with van der Waals surface area (Å²) in [5.74, 6) is 0.0323. The Morgan fingerprint density at radius 1 is 1.09 bits per heavy atom. The quantitative estimate of drug-likeness (QED) is 0.485. The van der Waals surface area contributed by atoms with Crippen molar-refractivity contribution in [1.82, 2.24) is 19.9 Å². The third kappa shape index (κ3) is 7.33. The number of nitrogens with one attached hydrogen (secondary N) is 1. The number of carbonyl (C=O) groups is 2. The van der Waals surface area contributed by atoms with Crippen molar-refractivity contribution in [2.75, 3.05) is 37.4 Å². The molecule has 0 aliphatic carbocycles. The van der Waals surface area contributed by atoms with E-state index >= 15 is 0 Å². The fourth-order valence-corrected chi connectivity index (χ4v) is 3.47. The molecular formula is C20H24Cl2N6O3S. The number of carboxylic acids is 1. The molecule has 0 atom stereocenters. The molecule has 12 heteroatoms. The van der Waals surface area contributed by atoms with Crippen LogP contribution >= 0.6 is 36.2 Å². The van der Waals surface area contributed by atoms with Gasteiger partial charge in [0.2, 0.25) is 5.91 Å². The number of likely N-dealkylation sites (N-methyl/N-ethyl adjacent to an activating group) is 2. The van der Waals surface area contributed by atoms with E-state index in [4.69, 9.17) is 5.11 Å². The van der Waals surface area contributed by atoms with Gasteiger partial charge < -0.3 is 20.2 Å². The highest BCUT2D eigenvalue weighted by Crippen LogP contribution is 2.30. The molecule has 0 spiro atoms. The maximum absolute atomic E-state index is 12.2. The fourth-order valence-electron chi connectivity index (χ4n) is 2.62. The SMILES string of the molecule is Cc1ccnc(Nc2cccc(-c3cnc(N(C)CC(=O)N(C)CC(=O)O)s3)n2)c1.Cl.Cl. The molecule has 3 heterocycles. The third-order valence-electron chi connectivity index (χ3n) is 4.16. The minimum atomic E-state index is -1.05. The van der Waals surface area contributed by atoms with Crippen molar-refractivity contribution >= 4 is 64.8 Å². The molecule has 9 nitrogen and oxygen atoms in total. The van der Waals surface area contributed by atoms with Gasteiger partial charge in [-0.25, -0.2) is 15.0 Å². The van der Waals surface area contributed by atoms with E-state index in [2.05, 4.69) is 20.3 Å². The monoisotopic (exact) mass is 498 g/mol. The Hall–Kier alpha value is -2.95. The first-order chi connectivity index (χ1) is 14.3. The Labute approximate surface area is 202 Å². The van der Waals surface area contributed by atoms with Crippen molar-refractivity contribution in [1.29, 1.82) is 0 Å². The summed E-state index contributed by atoms with van der Waals surface area (Å²) in [7, 11) is 3.20. The van der Waals surface area contributed by atoms with Gasteiger partial charge in [-0.1, -0.05) is 17.4 Å². The number of hydrogen-bond acceptors (Lipinski definition) is 8. The number of nitrogens with zero attached hydrogens (tertiary/aromatic N) is 5. The lowest BCUT2D eigenvalue weighted by Gasteiger charge is -2.20. The molecule has 0 aliphatic heterocycles. The topological polar surface area (TPSA) is 112 Å². The van der Waals surface area contributed by atoms with Crippen molar-refractivity contribution in [2.24, 2.45) is 0 Å². The number of aliphatic carboxylic acids is 1. The minimum absolute atomic E-state index is 0. The molecule has 3 rings (SSSR count). The molecule has 0 bridgehead atoms. The molecule has 0 saturated heterocycles. The largest absolute Gasteiger partial charge is 0.480 e. The molecule has 0 aliphatic rings. The maximum atomic E-state index is 12.2. The standard InChI is InChI=1S/C20H22N6O3S.2ClH/c1-13-7-8-21-17(9-13)24-16-6-4-5-14(23-16)15-10-22-20(30-15)26(3)11-18(27)25(2)12-19(28)29;;/h4-10H,11-12H2,1-3H3,(H,28,29)(H,21,23,24);2*1H. The van der Waals surface area contributed by atoms with E-state index in [1.165, 1.54) is 23.3 Å². The van der Waals surface area contributed by atoms with Gasteiger partial charge >= 0.3 is 5.97 Å². The number of carbonyl (C=O) groups excluding carboxylic acids is 1. The van der Waals surface area contributed by atoms with Gasteiger partial charge in [0, 0.05) is 26.5 Å². The van der Waals surface area contributed by atoms with Crippen molar-refractivity contribution in [3.8, 4) is 10.6 Å². The number of thiazole rings is 1. The van der Waals surface area contributed by atoms with E-state index in [1.807, 2.05) is 37.3 Å². The second-order valence-corrected chi connectivity index (χ2v) is 7.77. The van der Waals surface area contributed by atoms with Crippen LogP contribution in [0.5, 0.6) is 0 Å². The fraction of sp³-hybridized carbons (Fsp3) is 0.250. The van der Waals surface area contributed by atoms with E-state index in [1.54, 1.807) is 24.3 Å². The molecule has 172 valence electrons. The molecule has 3 aromatic rings. The van der Waals surface area contributed by atoms with Crippen molar-refractivity contribution in [2.45, 2.75) is 6.92 Å². The van der Waals surface area contributed by atoms with Crippen LogP contribution in [0, 0.1) is 6.92 Å². The molecule has 3 aromatic heterocycles. The third-order valence-corrected chi connectivity index (χ3v) is 5.30. The average Bonchev–Trinajstić information content (AvgIpc) is 3.18. The summed E-state index contributed by atoms with van der Waals surface area (Å²) in [5, 5.41) is 12.6. The van der Waals surface area contributed by atoms with Crippen LogP contribution in [0.25, 0.3) is 10.6 Å².